The lowest BCUT2D eigenvalue weighted by Gasteiger charge is -2.18. The van der Waals surface area contributed by atoms with Gasteiger partial charge >= 0.3 is 0 Å². The Hall–Kier alpha value is -2.95. The normalized spacial score (nSPS) is 11.9. The van der Waals surface area contributed by atoms with Crippen molar-refractivity contribution in [2.75, 3.05) is 7.05 Å². The molecular weight excluding hydrogens is 305 g/mol. The van der Waals surface area contributed by atoms with Crippen LogP contribution in [-0.4, -0.2) is 27.6 Å². The number of rotatable bonds is 5. The molecule has 1 amide bonds. The number of carbonyl (C=O) groups is 1. The molecule has 0 spiro atoms. The van der Waals surface area contributed by atoms with Gasteiger partial charge in [-0.1, -0.05) is 48.5 Å². The number of carbonyl (C=O) groups excluding carboxylic acids is 1. The van der Waals surface area contributed by atoms with Gasteiger partial charge in [-0.25, -0.2) is 9.07 Å². The summed E-state index contributed by atoms with van der Waals surface area (Å²) in [6.45, 7) is 0.256. The van der Waals surface area contributed by atoms with Gasteiger partial charge in [0.05, 0.1) is 17.9 Å². The predicted molar refractivity (Wildman–Crippen MR) is 90.3 cm³/mol. The summed E-state index contributed by atoms with van der Waals surface area (Å²) in [6.07, 6.45) is 0.167. The van der Waals surface area contributed by atoms with Gasteiger partial charge in [0.1, 0.15) is 0 Å². The number of hydrogen-bond acceptors (Lipinski definition) is 2. The zero-order valence-electron chi connectivity index (χ0n) is 13.3. The van der Waals surface area contributed by atoms with Gasteiger partial charge in [-0.3, -0.25) is 4.79 Å². The Labute approximate surface area is 140 Å². The molecule has 3 rings (SSSR count). The molecule has 0 aliphatic rings. The molecule has 1 aromatic heterocycles. The van der Waals surface area contributed by atoms with E-state index >= 15 is 0 Å². The minimum Gasteiger partial charge on any atom is -0.337 e. The minimum absolute atomic E-state index is 0.256. The van der Waals surface area contributed by atoms with E-state index in [4.69, 9.17) is 0 Å². The molecule has 1 unspecified atom stereocenters. The van der Waals surface area contributed by atoms with E-state index in [1.54, 1.807) is 42.1 Å². The molecule has 0 radical (unpaired) electrons. The average molecular weight is 323 g/mol. The Morgan fingerprint density at radius 1 is 1.08 bits per heavy atom. The summed E-state index contributed by atoms with van der Waals surface area (Å²) >= 11 is 0. The number of amides is 1. The Balaban J connectivity index is 1.68. The van der Waals surface area contributed by atoms with E-state index in [2.05, 4.69) is 5.10 Å². The van der Waals surface area contributed by atoms with Gasteiger partial charge in [-0.15, -0.1) is 0 Å². The number of benzene rings is 2. The Kier molecular flexibility index (Phi) is 4.70. The first-order valence-corrected chi connectivity index (χ1v) is 7.69. The highest BCUT2D eigenvalue weighted by Crippen LogP contribution is 2.20. The fraction of sp³-hybridized carbons (Fsp3) is 0.158. The van der Waals surface area contributed by atoms with Crippen LogP contribution in [0.25, 0.3) is 5.69 Å². The van der Waals surface area contributed by atoms with Crippen molar-refractivity contribution in [3.63, 3.8) is 0 Å². The van der Waals surface area contributed by atoms with E-state index in [0.29, 0.717) is 11.3 Å². The lowest BCUT2D eigenvalue weighted by atomic mass is 10.1. The van der Waals surface area contributed by atoms with Crippen LogP contribution < -0.4 is 0 Å². The van der Waals surface area contributed by atoms with Gasteiger partial charge in [0.15, 0.2) is 0 Å². The van der Waals surface area contributed by atoms with E-state index in [1.807, 2.05) is 42.6 Å². The van der Waals surface area contributed by atoms with Crippen molar-refractivity contribution >= 4 is 5.91 Å². The topological polar surface area (TPSA) is 38.1 Å². The van der Waals surface area contributed by atoms with Crippen molar-refractivity contribution in [2.45, 2.75) is 12.7 Å². The van der Waals surface area contributed by atoms with E-state index in [-0.39, 0.29) is 6.54 Å². The number of nitrogens with zero attached hydrogens (tertiary/aromatic N) is 3. The van der Waals surface area contributed by atoms with E-state index in [1.165, 1.54) is 4.90 Å². The number of alkyl halides is 1. The average Bonchev–Trinajstić information content (AvgIpc) is 3.10. The third-order valence-corrected chi connectivity index (χ3v) is 3.75. The fourth-order valence-corrected chi connectivity index (χ4v) is 2.45. The Morgan fingerprint density at radius 2 is 1.71 bits per heavy atom. The molecule has 1 heterocycles. The molecule has 2 aromatic carbocycles. The van der Waals surface area contributed by atoms with Gasteiger partial charge in [-0.05, 0) is 23.8 Å². The number of likely N-dealkylation sites (N-methyl/N-ethyl adjacent to an activating group) is 1. The maximum atomic E-state index is 14.3. The van der Waals surface area contributed by atoms with Crippen LogP contribution in [0, 0.1) is 0 Å². The van der Waals surface area contributed by atoms with Crippen LogP contribution >= 0.6 is 0 Å². The van der Waals surface area contributed by atoms with E-state index < -0.39 is 12.1 Å². The highest BCUT2D eigenvalue weighted by atomic mass is 19.1. The van der Waals surface area contributed by atoms with Crippen molar-refractivity contribution in [1.82, 2.24) is 14.7 Å². The van der Waals surface area contributed by atoms with Crippen LogP contribution in [0.2, 0.25) is 0 Å². The molecule has 122 valence electrons. The molecule has 0 fully saturated rings. The highest BCUT2D eigenvalue weighted by molar-refractivity contribution is 5.81. The zero-order valence-corrected chi connectivity index (χ0v) is 13.3. The van der Waals surface area contributed by atoms with Crippen LogP contribution in [-0.2, 0) is 11.3 Å². The summed E-state index contributed by atoms with van der Waals surface area (Å²) in [5, 5.41) is 4.44. The maximum Gasteiger partial charge on any atom is 0.261 e. The van der Waals surface area contributed by atoms with Crippen molar-refractivity contribution in [2.24, 2.45) is 0 Å². The molecule has 0 saturated carbocycles. The first-order chi connectivity index (χ1) is 11.6. The molecule has 1 atom stereocenters. The third kappa shape index (κ3) is 3.51. The van der Waals surface area contributed by atoms with Gasteiger partial charge in [-0.2, -0.15) is 5.10 Å². The number of para-hydroxylation sites is 1. The fourth-order valence-electron chi connectivity index (χ4n) is 2.45. The lowest BCUT2D eigenvalue weighted by Crippen LogP contribution is -2.29. The molecule has 0 saturated heterocycles. The zero-order chi connectivity index (χ0) is 16.9. The second kappa shape index (κ2) is 7.08. The summed E-state index contributed by atoms with van der Waals surface area (Å²) in [7, 11) is 1.58. The molecule has 5 heteroatoms. The SMILES string of the molecule is CN(Cc1ccn(-c2ccccc2)n1)C(=O)C(F)c1ccccc1. The van der Waals surface area contributed by atoms with Crippen molar-refractivity contribution < 1.29 is 9.18 Å². The van der Waals surface area contributed by atoms with Crippen molar-refractivity contribution in [3.8, 4) is 5.69 Å². The molecule has 0 aliphatic heterocycles. The monoisotopic (exact) mass is 323 g/mol. The first kappa shape index (κ1) is 15.9. The van der Waals surface area contributed by atoms with E-state index in [9.17, 15) is 9.18 Å². The molecular formula is C19H18FN3O. The molecule has 4 nitrogen and oxygen atoms in total. The van der Waals surface area contributed by atoms with Crippen LogP contribution in [0.4, 0.5) is 4.39 Å². The highest BCUT2D eigenvalue weighted by Gasteiger charge is 2.23. The van der Waals surface area contributed by atoms with Crippen LogP contribution in [0.5, 0.6) is 0 Å². The Morgan fingerprint density at radius 3 is 2.38 bits per heavy atom. The summed E-state index contributed by atoms with van der Waals surface area (Å²) < 4.78 is 16.1. The minimum atomic E-state index is -1.66. The quantitative estimate of drug-likeness (QED) is 0.720. The van der Waals surface area contributed by atoms with E-state index in [0.717, 1.165) is 5.69 Å². The van der Waals surface area contributed by atoms with Crippen LogP contribution in [0.3, 0.4) is 0 Å². The van der Waals surface area contributed by atoms with Crippen LogP contribution in [0.15, 0.2) is 72.9 Å². The Bertz CT molecular complexity index is 802. The number of aromatic nitrogens is 2. The molecule has 24 heavy (non-hydrogen) atoms. The van der Waals surface area contributed by atoms with Gasteiger partial charge in [0, 0.05) is 13.2 Å². The molecule has 0 N–H and O–H groups in total. The summed E-state index contributed by atoms with van der Waals surface area (Å²) in [6, 6.07) is 20.0. The largest absolute Gasteiger partial charge is 0.337 e. The summed E-state index contributed by atoms with van der Waals surface area (Å²) in [5.41, 5.74) is 2.00. The number of hydrogen-bond donors (Lipinski definition) is 0. The van der Waals surface area contributed by atoms with Gasteiger partial charge in [0.25, 0.3) is 5.91 Å². The predicted octanol–water partition coefficient (Wildman–Crippen LogP) is 3.54. The van der Waals surface area contributed by atoms with Crippen molar-refractivity contribution in [3.05, 3.63) is 84.2 Å². The summed E-state index contributed by atoms with van der Waals surface area (Å²) in [5.74, 6) is -0.574. The molecule has 0 bridgehead atoms. The summed E-state index contributed by atoms with van der Waals surface area (Å²) in [4.78, 5) is 13.6. The second-order valence-electron chi connectivity index (χ2n) is 5.55. The van der Waals surface area contributed by atoms with Gasteiger partial charge in [0.2, 0.25) is 6.17 Å². The van der Waals surface area contributed by atoms with Gasteiger partial charge < -0.3 is 4.90 Å². The second-order valence-corrected chi connectivity index (χ2v) is 5.55. The van der Waals surface area contributed by atoms with Crippen LogP contribution in [0.1, 0.15) is 17.4 Å². The smallest absolute Gasteiger partial charge is 0.261 e. The molecule has 0 aliphatic carbocycles. The lowest BCUT2D eigenvalue weighted by molar-refractivity contribution is -0.136. The number of halogens is 1. The molecule has 3 aromatic rings. The third-order valence-electron chi connectivity index (χ3n) is 3.75. The standard InChI is InChI=1S/C19H18FN3O/c1-22(19(24)18(20)15-8-4-2-5-9-15)14-16-12-13-23(21-16)17-10-6-3-7-11-17/h2-13,18H,14H2,1H3. The van der Waals surface area contributed by atoms with Crippen molar-refractivity contribution in [1.29, 1.82) is 0 Å². The first-order valence-electron chi connectivity index (χ1n) is 7.69. The maximum absolute atomic E-state index is 14.3.